The first kappa shape index (κ1) is 15.0. The van der Waals surface area contributed by atoms with Crippen molar-refractivity contribution in [3.8, 4) is 0 Å². The lowest BCUT2D eigenvalue weighted by atomic mass is 10.0. The van der Waals surface area contributed by atoms with Crippen LogP contribution in [0, 0.1) is 5.92 Å². The minimum atomic E-state index is -0.0211. The van der Waals surface area contributed by atoms with E-state index in [-0.39, 0.29) is 6.03 Å². The molecule has 0 bridgehead atoms. The number of likely N-dealkylation sites (tertiary alicyclic amines) is 1. The maximum absolute atomic E-state index is 12.3. The number of carbonyl (C=O) groups excluding carboxylic acids is 1. The normalized spacial score (nSPS) is 18.2. The molecule has 1 aromatic carbocycles. The van der Waals surface area contributed by atoms with Crippen LogP contribution < -0.4 is 5.32 Å². The van der Waals surface area contributed by atoms with Crippen LogP contribution >= 0.6 is 11.3 Å². The zero-order valence-corrected chi connectivity index (χ0v) is 13.6. The number of rotatable bonds is 3. The van der Waals surface area contributed by atoms with E-state index in [0.29, 0.717) is 11.0 Å². The van der Waals surface area contributed by atoms with Crippen LogP contribution in [0.5, 0.6) is 0 Å². The highest BCUT2D eigenvalue weighted by molar-refractivity contribution is 7.15. The molecular formula is C17H21N3OS. The van der Waals surface area contributed by atoms with E-state index in [9.17, 15) is 4.79 Å². The number of piperidine rings is 1. The number of thiazole rings is 1. The molecule has 1 atom stereocenters. The molecule has 22 heavy (non-hydrogen) atoms. The van der Waals surface area contributed by atoms with Gasteiger partial charge in [0, 0.05) is 30.6 Å². The van der Waals surface area contributed by atoms with Gasteiger partial charge in [0.05, 0.1) is 0 Å². The molecule has 116 valence electrons. The van der Waals surface area contributed by atoms with Crippen LogP contribution in [0.2, 0.25) is 0 Å². The van der Waals surface area contributed by atoms with E-state index in [2.05, 4.69) is 29.4 Å². The van der Waals surface area contributed by atoms with Crippen LogP contribution in [0.25, 0.3) is 0 Å². The Morgan fingerprint density at radius 2 is 2.23 bits per heavy atom. The molecule has 0 unspecified atom stereocenters. The zero-order valence-electron chi connectivity index (χ0n) is 12.8. The van der Waals surface area contributed by atoms with Crippen molar-refractivity contribution >= 4 is 22.5 Å². The number of hydrogen-bond donors (Lipinski definition) is 1. The highest BCUT2D eigenvalue weighted by atomic mass is 32.1. The van der Waals surface area contributed by atoms with Gasteiger partial charge in [0.25, 0.3) is 0 Å². The van der Waals surface area contributed by atoms with Crippen LogP contribution in [-0.4, -0.2) is 29.0 Å². The molecule has 2 amide bonds. The summed E-state index contributed by atoms with van der Waals surface area (Å²) in [6.45, 7) is 3.88. The summed E-state index contributed by atoms with van der Waals surface area (Å²) in [5, 5.41) is 3.62. The zero-order chi connectivity index (χ0) is 15.4. The predicted octanol–water partition coefficient (Wildman–Crippen LogP) is 4.00. The van der Waals surface area contributed by atoms with Gasteiger partial charge in [-0.3, -0.25) is 5.32 Å². The number of aromatic nitrogens is 1. The Morgan fingerprint density at radius 1 is 1.41 bits per heavy atom. The Balaban J connectivity index is 1.58. The van der Waals surface area contributed by atoms with Crippen molar-refractivity contribution in [2.45, 2.75) is 26.2 Å². The summed E-state index contributed by atoms with van der Waals surface area (Å²) in [6.07, 6.45) is 5.01. The van der Waals surface area contributed by atoms with Crippen molar-refractivity contribution in [3.05, 3.63) is 47.0 Å². The number of hydrogen-bond acceptors (Lipinski definition) is 3. The maximum atomic E-state index is 12.3. The lowest BCUT2D eigenvalue weighted by Gasteiger charge is -2.30. The summed E-state index contributed by atoms with van der Waals surface area (Å²) >= 11 is 1.55. The molecule has 0 radical (unpaired) electrons. The van der Waals surface area contributed by atoms with Crippen molar-refractivity contribution in [1.82, 2.24) is 9.88 Å². The first-order valence-electron chi connectivity index (χ1n) is 7.75. The van der Waals surface area contributed by atoms with Gasteiger partial charge in [-0.2, -0.15) is 0 Å². The van der Waals surface area contributed by atoms with E-state index in [1.807, 2.05) is 29.3 Å². The number of urea groups is 1. The Morgan fingerprint density at radius 3 is 3.00 bits per heavy atom. The van der Waals surface area contributed by atoms with Gasteiger partial charge in [0.15, 0.2) is 5.13 Å². The van der Waals surface area contributed by atoms with Crippen LogP contribution in [0.15, 0.2) is 36.5 Å². The number of benzene rings is 1. The molecule has 4 nitrogen and oxygen atoms in total. The van der Waals surface area contributed by atoms with E-state index in [1.54, 1.807) is 11.3 Å². The van der Waals surface area contributed by atoms with E-state index in [1.165, 1.54) is 12.0 Å². The summed E-state index contributed by atoms with van der Waals surface area (Å²) < 4.78 is 0. The molecule has 1 fully saturated rings. The smallest absolute Gasteiger partial charge is 0.323 e. The second kappa shape index (κ2) is 6.92. The van der Waals surface area contributed by atoms with Gasteiger partial charge in [-0.05, 0) is 24.3 Å². The molecular weight excluding hydrogens is 294 g/mol. The third-order valence-electron chi connectivity index (χ3n) is 3.93. The molecule has 1 aliphatic rings. The summed E-state index contributed by atoms with van der Waals surface area (Å²) in [4.78, 5) is 19.6. The van der Waals surface area contributed by atoms with Crippen LogP contribution in [0.1, 0.15) is 30.2 Å². The minimum Gasteiger partial charge on any atom is -0.324 e. The van der Waals surface area contributed by atoms with Gasteiger partial charge >= 0.3 is 6.03 Å². The number of nitrogens with zero attached hydrogens (tertiary/aromatic N) is 2. The van der Waals surface area contributed by atoms with Crippen molar-refractivity contribution in [3.63, 3.8) is 0 Å². The standard InChI is InChI=1S/C17H21N3OS/c1-13-6-5-9-20(12-13)17(21)19-16-18-11-15(22-16)10-14-7-3-2-4-8-14/h2-4,7-8,11,13H,5-6,9-10,12H2,1H3,(H,18,19,21)/t13-/m0/s1. The highest BCUT2D eigenvalue weighted by Gasteiger charge is 2.21. The van der Waals surface area contributed by atoms with Gasteiger partial charge < -0.3 is 4.90 Å². The van der Waals surface area contributed by atoms with E-state index < -0.39 is 0 Å². The monoisotopic (exact) mass is 315 g/mol. The summed E-state index contributed by atoms with van der Waals surface area (Å²) in [5.74, 6) is 0.587. The molecule has 1 N–H and O–H groups in total. The molecule has 0 aliphatic carbocycles. The maximum Gasteiger partial charge on any atom is 0.323 e. The number of amides is 2. The molecule has 3 rings (SSSR count). The molecule has 0 saturated carbocycles. The van der Waals surface area contributed by atoms with E-state index in [4.69, 9.17) is 0 Å². The molecule has 5 heteroatoms. The first-order valence-corrected chi connectivity index (χ1v) is 8.57. The fraction of sp³-hybridized carbons (Fsp3) is 0.412. The van der Waals surface area contributed by atoms with E-state index >= 15 is 0 Å². The van der Waals surface area contributed by atoms with Crippen molar-refractivity contribution in [2.24, 2.45) is 5.92 Å². The van der Waals surface area contributed by atoms with Crippen molar-refractivity contribution in [2.75, 3.05) is 18.4 Å². The van der Waals surface area contributed by atoms with Crippen LogP contribution in [0.4, 0.5) is 9.93 Å². The molecule has 1 aliphatic heterocycles. The quantitative estimate of drug-likeness (QED) is 0.930. The minimum absolute atomic E-state index is 0.0211. The lowest BCUT2D eigenvalue weighted by Crippen LogP contribution is -2.41. The van der Waals surface area contributed by atoms with Gasteiger partial charge in [-0.1, -0.05) is 37.3 Å². The van der Waals surface area contributed by atoms with Crippen LogP contribution in [0.3, 0.4) is 0 Å². The average molecular weight is 315 g/mol. The molecule has 1 aromatic heterocycles. The fourth-order valence-corrected chi connectivity index (χ4v) is 3.62. The first-order chi connectivity index (χ1) is 10.7. The summed E-state index contributed by atoms with van der Waals surface area (Å²) in [7, 11) is 0. The third kappa shape index (κ3) is 3.85. The highest BCUT2D eigenvalue weighted by Crippen LogP contribution is 2.22. The van der Waals surface area contributed by atoms with Crippen LogP contribution in [-0.2, 0) is 6.42 Å². The Kier molecular flexibility index (Phi) is 4.73. The van der Waals surface area contributed by atoms with Gasteiger partial charge in [-0.25, -0.2) is 9.78 Å². The molecule has 0 spiro atoms. The van der Waals surface area contributed by atoms with Gasteiger partial charge in [0.1, 0.15) is 0 Å². The predicted molar refractivity (Wildman–Crippen MR) is 90.4 cm³/mol. The molecule has 2 aromatic rings. The number of anilines is 1. The van der Waals surface area contributed by atoms with Crippen molar-refractivity contribution < 1.29 is 4.79 Å². The largest absolute Gasteiger partial charge is 0.324 e. The fourth-order valence-electron chi connectivity index (χ4n) is 2.79. The third-order valence-corrected chi connectivity index (χ3v) is 4.85. The Hall–Kier alpha value is -1.88. The van der Waals surface area contributed by atoms with Gasteiger partial charge in [-0.15, -0.1) is 11.3 Å². The second-order valence-electron chi connectivity index (χ2n) is 5.92. The molecule has 2 heterocycles. The SMILES string of the molecule is C[C@H]1CCCN(C(=O)Nc2ncc(Cc3ccccc3)s2)C1. The Labute approximate surface area is 135 Å². The second-order valence-corrected chi connectivity index (χ2v) is 7.03. The van der Waals surface area contributed by atoms with E-state index in [0.717, 1.165) is 30.8 Å². The Bertz CT molecular complexity index is 626. The van der Waals surface area contributed by atoms with Gasteiger partial charge in [0.2, 0.25) is 0 Å². The number of nitrogens with one attached hydrogen (secondary N) is 1. The lowest BCUT2D eigenvalue weighted by molar-refractivity contribution is 0.182. The average Bonchev–Trinajstić information content (AvgIpc) is 2.95. The summed E-state index contributed by atoms with van der Waals surface area (Å²) in [5.41, 5.74) is 1.26. The molecule has 1 saturated heterocycles. The van der Waals surface area contributed by atoms with Crippen molar-refractivity contribution in [1.29, 1.82) is 0 Å². The topological polar surface area (TPSA) is 45.2 Å². The number of carbonyl (C=O) groups is 1. The summed E-state index contributed by atoms with van der Waals surface area (Å²) in [6, 6.07) is 10.3.